The van der Waals surface area contributed by atoms with Crippen molar-refractivity contribution >= 4 is 11.3 Å². The van der Waals surface area contributed by atoms with Gasteiger partial charge in [-0.2, -0.15) is 0 Å². The van der Waals surface area contributed by atoms with Crippen molar-refractivity contribution in [2.75, 3.05) is 7.11 Å². The van der Waals surface area contributed by atoms with E-state index in [0.29, 0.717) is 12.4 Å². The summed E-state index contributed by atoms with van der Waals surface area (Å²) in [5, 5.41) is 2.17. The highest BCUT2D eigenvalue weighted by Crippen LogP contribution is 2.34. The standard InChI is InChI=1S/C24H27FO2S/c1-24(2,23-15-19(16-26-3)17-28-23)13-7-8-18-11-12-21(25)22(14-18)27-20-9-5-4-6-10-20/h4-6,9-12,14-15,17H,7-8,13,16H2,1-3H3. The molecule has 3 rings (SSSR count). The molecule has 0 atom stereocenters. The van der Waals surface area contributed by atoms with Gasteiger partial charge in [0, 0.05) is 12.0 Å². The van der Waals surface area contributed by atoms with Gasteiger partial charge in [-0.1, -0.05) is 38.1 Å². The van der Waals surface area contributed by atoms with Gasteiger partial charge in [0.15, 0.2) is 11.6 Å². The molecule has 148 valence electrons. The fourth-order valence-corrected chi connectivity index (χ4v) is 4.28. The molecule has 2 aromatic carbocycles. The van der Waals surface area contributed by atoms with Gasteiger partial charge in [0.2, 0.25) is 0 Å². The first-order valence-corrected chi connectivity index (χ1v) is 10.4. The van der Waals surface area contributed by atoms with Crippen molar-refractivity contribution in [1.82, 2.24) is 0 Å². The molecule has 0 saturated carbocycles. The average Bonchev–Trinajstić information content (AvgIpc) is 3.15. The molecular weight excluding hydrogens is 371 g/mol. The minimum atomic E-state index is -0.336. The minimum Gasteiger partial charge on any atom is -0.454 e. The lowest BCUT2D eigenvalue weighted by Gasteiger charge is -2.23. The fourth-order valence-electron chi connectivity index (χ4n) is 3.23. The first-order chi connectivity index (χ1) is 13.5. The second-order valence-corrected chi connectivity index (χ2v) is 8.58. The smallest absolute Gasteiger partial charge is 0.165 e. The topological polar surface area (TPSA) is 18.5 Å². The Hall–Kier alpha value is -2.17. The highest BCUT2D eigenvalue weighted by molar-refractivity contribution is 7.10. The van der Waals surface area contributed by atoms with Crippen LogP contribution in [-0.4, -0.2) is 7.11 Å². The molecule has 0 aliphatic rings. The van der Waals surface area contributed by atoms with E-state index in [2.05, 4.69) is 25.3 Å². The van der Waals surface area contributed by atoms with E-state index in [9.17, 15) is 4.39 Å². The van der Waals surface area contributed by atoms with Crippen molar-refractivity contribution in [3.8, 4) is 11.5 Å². The number of benzene rings is 2. The molecular formula is C24H27FO2S. The second kappa shape index (κ2) is 9.35. The van der Waals surface area contributed by atoms with Gasteiger partial charge in [0.05, 0.1) is 6.61 Å². The van der Waals surface area contributed by atoms with Crippen LogP contribution in [0.2, 0.25) is 0 Å². The third kappa shape index (κ3) is 5.43. The number of para-hydroxylation sites is 1. The molecule has 0 amide bonds. The molecule has 0 fully saturated rings. The molecule has 0 spiro atoms. The first-order valence-electron chi connectivity index (χ1n) is 9.56. The lowest BCUT2D eigenvalue weighted by atomic mass is 9.85. The van der Waals surface area contributed by atoms with Gasteiger partial charge in [-0.25, -0.2) is 4.39 Å². The van der Waals surface area contributed by atoms with Crippen LogP contribution in [0, 0.1) is 5.82 Å². The SMILES string of the molecule is COCc1csc(C(C)(C)CCCc2ccc(F)c(Oc3ccccc3)c2)c1. The van der Waals surface area contributed by atoms with Crippen molar-refractivity contribution in [1.29, 1.82) is 0 Å². The van der Waals surface area contributed by atoms with E-state index in [-0.39, 0.29) is 17.0 Å². The number of methoxy groups -OCH3 is 1. The van der Waals surface area contributed by atoms with Gasteiger partial charge in [-0.15, -0.1) is 11.3 Å². The average molecular weight is 399 g/mol. The maximum Gasteiger partial charge on any atom is 0.165 e. The molecule has 2 nitrogen and oxygen atoms in total. The van der Waals surface area contributed by atoms with Crippen LogP contribution in [0.25, 0.3) is 0 Å². The summed E-state index contributed by atoms with van der Waals surface area (Å²) in [5.74, 6) is 0.590. The maximum atomic E-state index is 14.1. The lowest BCUT2D eigenvalue weighted by Crippen LogP contribution is -2.15. The summed E-state index contributed by atoms with van der Waals surface area (Å²) < 4.78 is 25.0. The Bertz CT molecular complexity index is 887. The minimum absolute atomic E-state index is 0.111. The Balaban J connectivity index is 1.60. The van der Waals surface area contributed by atoms with Gasteiger partial charge in [-0.3, -0.25) is 0 Å². The normalized spacial score (nSPS) is 11.6. The number of hydrogen-bond donors (Lipinski definition) is 0. The molecule has 0 unspecified atom stereocenters. The fraction of sp³-hybridized carbons (Fsp3) is 0.333. The molecule has 0 aliphatic heterocycles. The number of aryl methyl sites for hydroxylation is 1. The van der Waals surface area contributed by atoms with Crippen molar-refractivity contribution < 1.29 is 13.9 Å². The van der Waals surface area contributed by atoms with Crippen molar-refractivity contribution in [2.45, 2.75) is 45.1 Å². The summed E-state index contributed by atoms with van der Waals surface area (Å²) >= 11 is 1.80. The lowest BCUT2D eigenvalue weighted by molar-refractivity contribution is 0.185. The predicted octanol–water partition coefficient (Wildman–Crippen LogP) is 7.13. The molecule has 0 aliphatic carbocycles. The van der Waals surface area contributed by atoms with Gasteiger partial charge in [0.25, 0.3) is 0 Å². The molecule has 1 aromatic heterocycles. The summed E-state index contributed by atoms with van der Waals surface area (Å²) in [6.07, 6.45) is 2.98. The van der Waals surface area contributed by atoms with Crippen LogP contribution in [-0.2, 0) is 23.2 Å². The molecule has 0 bridgehead atoms. The second-order valence-electron chi connectivity index (χ2n) is 7.67. The third-order valence-corrected chi connectivity index (χ3v) is 6.21. The van der Waals surface area contributed by atoms with E-state index < -0.39 is 0 Å². The molecule has 1 heterocycles. The zero-order valence-electron chi connectivity index (χ0n) is 16.7. The number of halogens is 1. The summed E-state index contributed by atoms with van der Waals surface area (Å²) in [5.41, 5.74) is 2.44. The summed E-state index contributed by atoms with van der Waals surface area (Å²) in [7, 11) is 1.72. The number of hydrogen-bond acceptors (Lipinski definition) is 3. The van der Waals surface area contributed by atoms with Crippen molar-refractivity contribution in [3.05, 3.63) is 81.8 Å². The summed E-state index contributed by atoms with van der Waals surface area (Å²) in [6, 6.07) is 16.7. The monoisotopic (exact) mass is 398 g/mol. The molecule has 4 heteroatoms. The van der Waals surface area contributed by atoms with Crippen LogP contribution < -0.4 is 4.74 Å². The Morgan fingerprint density at radius 1 is 1.00 bits per heavy atom. The van der Waals surface area contributed by atoms with Crippen LogP contribution in [0.3, 0.4) is 0 Å². The Kier molecular flexibility index (Phi) is 6.87. The van der Waals surface area contributed by atoms with E-state index >= 15 is 0 Å². The highest BCUT2D eigenvalue weighted by atomic mass is 32.1. The van der Waals surface area contributed by atoms with Crippen LogP contribution in [0.15, 0.2) is 60.0 Å². The Morgan fingerprint density at radius 3 is 2.54 bits per heavy atom. The van der Waals surface area contributed by atoms with E-state index in [1.165, 1.54) is 16.5 Å². The van der Waals surface area contributed by atoms with E-state index in [1.54, 1.807) is 18.4 Å². The highest BCUT2D eigenvalue weighted by Gasteiger charge is 2.22. The Morgan fingerprint density at radius 2 is 1.79 bits per heavy atom. The summed E-state index contributed by atoms with van der Waals surface area (Å²) in [6.45, 7) is 5.22. The number of rotatable bonds is 9. The molecule has 3 aromatic rings. The predicted molar refractivity (Wildman–Crippen MR) is 114 cm³/mol. The quantitative estimate of drug-likeness (QED) is 0.382. The molecule has 0 N–H and O–H groups in total. The van der Waals surface area contributed by atoms with Gasteiger partial charge < -0.3 is 9.47 Å². The molecule has 28 heavy (non-hydrogen) atoms. The van der Waals surface area contributed by atoms with Crippen LogP contribution >= 0.6 is 11.3 Å². The number of thiophene rings is 1. The van der Waals surface area contributed by atoms with Crippen LogP contribution in [0.4, 0.5) is 4.39 Å². The Labute approximate surface area is 170 Å². The largest absolute Gasteiger partial charge is 0.454 e. The van der Waals surface area contributed by atoms with E-state index in [4.69, 9.17) is 9.47 Å². The zero-order valence-corrected chi connectivity index (χ0v) is 17.5. The van der Waals surface area contributed by atoms with Crippen molar-refractivity contribution in [3.63, 3.8) is 0 Å². The van der Waals surface area contributed by atoms with E-state index in [0.717, 1.165) is 24.8 Å². The van der Waals surface area contributed by atoms with Gasteiger partial charge in [-0.05, 0) is 71.5 Å². The number of ether oxygens (including phenoxy) is 2. The third-order valence-electron chi connectivity index (χ3n) is 4.87. The molecule has 0 radical (unpaired) electrons. The maximum absolute atomic E-state index is 14.1. The first kappa shape index (κ1) is 20.6. The van der Waals surface area contributed by atoms with Crippen LogP contribution in [0.1, 0.15) is 42.7 Å². The van der Waals surface area contributed by atoms with Gasteiger partial charge >= 0.3 is 0 Å². The van der Waals surface area contributed by atoms with Gasteiger partial charge in [0.1, 0.15) is 5.75 Å². The van der Waals surface area contributed by atoms with Crippen molar-refractivity contribution in [2.24, 2.45) is 0 Å². The van der Waals surface area contributed by atoms with Crippen LogP contribution in [0.5, 0.6) is 11.5 Å². The zero-order chi connectivity index (χ0) is 20.0. The summed E-state index contributed by atoms with van der Waals surface area (Å²) in [4.78, 5) is 1.38. The van der Waals surface area contributed by atoms with E-state index in [1.807, 2.05) is 42.5 Å². The molecule has 0 saturated heterocycles.